The number of ether oxygens (including phenoxy) is 1. The smallest absolute Gasteiger partial charge is 0.224 e. The highest BCUT2D eigenvalue weighted by atomic mass is 16.5. The number of benzene rings is 2. The van der Waals surface area contributed by atoms with Crippen molar-refractivity contribution in [3.8, 4) is 11.4 Å². The quantitative estimate of drug-likeness (QED) is 0.672. The first-order valence-corrected chi connectivity index (χ1v) is 9.77. The van der Waals surface area contributed by atoms with Crippen molar-refractivity contribution in [1.82, 2.24) is 14.8 Å². The highest BCUT2D eigenvalue weighted by Crippen LogP contribution is 2.25. The number of aryl methyl sites for hydroxylation is 1. The summed E-state index contributed by atoms with van der Waals surface area (Å²) in [6, 6.07) is 15.6. The van der Waals surface area contributed by atoms with Crippen molar-refractivity contribution >= 4 is 11.6 Å². The average Bonchev–Trinajstić information content (AvgIpc) is 3.41. The monoisotopic (exact) mass is 376 g/mol. The van der Waals surface area contributed by atoms with Crippen LogP contribution < -0.4 is 10.1 Å². The van der Waals surface area contributed by atoms with Gasteiger partial charge in [-0.1, -0.05) is 24.3 Å². The molecule has 0 unspecified atom stereocenters. The van der Waals surface area contributed by atoms with E-state index in [1.165, 1.54) is 19.2 Å². The van der Waals surface area contributed by atoms with E-state index in [-0.39, 0.29) is 5.91 Å². The van der Waals surface area contributed by atoms with Crippen molar-refractivity contribution in [3.63, 3.8) is 0 Å². The van der Waals surface area contributed by atoms with Gasteiger partial charge in [-0.25, -0.2) is 9.67 Å². The maximum atomic E-state index is 12.5. The summed E-state index contributed by atoms with van der Waals surface area (Å²) in [6.07, 6.45) is 9.26. The lowest BCUT2D eigenvalue weighted by Crippen LogP contribution is -2.14. The van der Waals surface area contributed by atoms with Gasteiger partial charge < -0.3 is 10.1 Å². The van der Waals surface area contributed by atoms with Gasteiger partial charge in [0.25, 0.3) is 0 Å². The van der Waals surface area contributed by atoms with E-state index >= 15 is 0 Å². The zero-order chi connectivity index (χ0) is 19.2. The maximum Gasteiger partial charge on any atom is 0.224 e. The van der Waals surface area contributed by atoms with Crippen LogP contribution in [0.4, 0.5) is 5.69 Å². The van der Waals surface area contributed by atoms with E-state index in [1.54, 1.807) is 11.0 Å². The number of amides is 1. The van der Waals surface area contributed by atoms with E-state index in [0.717, 1.165) is 35.5 Å². The minimum Gasteiger partial charge on any atom is -0.490 e. The van der Waals surface area contributed by atoms with E-state index < -0.39 is 0 Å². The largest absolute Gasteiger partial charge is 0.490 e. The van der Waals surface area contributed by atoms with Crippen LogP contribution >= 0.6 is 0 Å². The molecule has 2 aromatic carbocycles. The van der Waals surface area contributed by atoms with Crippen molar-refractivity contribution in [2.75, 3.05) is 5.32 Å². The molecule has 6 heteroatoms. The number of carbonyl (C=O) groups excluding carboxylic acids is 1. The second kappa shape index (κ2) is 8.69. The number of carbonyl (C=O) groups is 1. The van der Waals surface area contributed by atoms with E-state index in [9.17, 15) is 4.79 Å². The van der Waals surface area contributed by atoms with E-state index in [1.807, 2.05) is 42.5 Å². The molecule has 0 spiro atoms. The first-order valence-electron chi connectivity index (χ1n) is 9.77. The Kier molecular flexibility index (Phi) is 5.66. The van der Waals surface area contributed by atoms with Crippen molar-refractivity contribution in [1.29, 1.82) is 0 Å². The van der Waals surface area contributed by atoms with Crippen LogP contribution in [0.3, 0.4) is 0 Å². The lowest BCUT2D eigenvalue weighted by Gasteiger charge is -2.14. The number of aromatic nitrogens is 3. The van der Waals surface area contributed by atoms with Crippen LogP contribution in [0.2, 0.25) is 0 Å². The van der Waals surface area contributed by atoms with Gasteiger partial charge in [0, 0.05) is 6.42 Å². The number of hydrogen-bond donors (Lipinski definition) is 1. The van der Waals surface area contributed by atoms with Gasteiger partial charge in [-0.2, -0.15) is 5.10 Å². The second-order valence-corrected chi connectivity index (χ2v) is 7.08. The molecule has 1 aliphatic rings. The Morgan fingerprint density at radius 1 is 1.14 bits per heavy atom. The van der Waals surface area contributed by atoms with Crippen molar-refractivity contribution < 1.29 is 9.53 Å². The normalized spacial score (nSPS) is 14.1. The first-order chi connectivity index (χ1) is 13.8. The van der Waals surface area contributed by atoms with E-state index in [0.29, 0.717) is 18.9 Å². The number of para-hydroxylation sites is 2. The topological polar surface area (TPSA) is 69.0 Å². The van der Waals surface area contributed by atoms with Crippen LogP contribution in [0.1, 0.15) is 37.7 Å². The lowest BCUT2D eigenvalue weighted by atomic mass is 10.1. The molecule has 1 heterocycles. The SMILES string of the molecule is O=C(CCc1cccc(OC2CCCC2)c1)Nc1ccccc1-n1cncn1. The number of anilines is 1. The van der Waals surface area contributed by atoms with Gasteiger partial charge in [0.1, 0.15) is 18.4 Å². The summed E-state index contributed by atoms with van der Waals surface area (Å²) in [4.78, 5) is 16.5. The Bertz CT molecular complexity index is 918. The summed E-state index contributed by atoms with van der Waals surface area (Å²) in [5.41, 5.74) is 2.62. The first kappa shape index (κ1) is 18.2. The second-order valence-electron chi connectivity index (χ2n) is 7.08. The molecule has 1 aromatic heterocycles. The Morgan fingerprint density at radius 3 is 2.82 bits per heavy atom. The molecule has 0 bridgehead atoms. The molecule has 0 radical (unpaired) electrons. The summed E-state index contributed by atoms with van der Waals surface area (Å²) >= 11 is 0. The Morgan fingerprint density at radius 2 is 2.00 bits per heavy atom. The Hall–Kier alpha value is -3.15. The van der Waals surface area contributed by atoms with Crippen LogP contribution in [0.25, 0.3) is 5.69 Å². The molecule has 0 saturated heterocycles. The molecule has 1 amide bonds. The average molecular weight is 376 g/mol. The Labute approximate surface area is 164 Å². The third kappa shape index (κ3) is 4.57. The van der Waals surface area contributed by atoms with Gasteiger partial charge in [0.05, 0.1) is 17.5 Å². The van der Waals surface area contributed by atoms with Crippen LogP contribution in [-0.4, -0.2) is 26.8 Å². The van der Waals surface area contributed by atoms with Crippen LogP contribution in [0.5, 0.6) is 5.75 Å². The molecule has 1 N–H and O–H groups in total. The molecular formula is C22H24N4O2. The number of rotatable bonds is 7. The fourth-order valence-electron chi connectivity index (χ4n) is 3.56. The number of nitrogens with one attached hydrogen (secondary N) is 1. The molecule has 4 rings (SSSR count). The molecule has 144 valence electrons. The van der Waals surface area contributed by atoms with E-state index in [2.05, 4.69) is 21.5 Å². The minimum atomic E-state index is -0.0327. The maximum absolute atomic E-state index is 12.5. The van der Waals surface area contributed by atoms with Gasteiger partial charge in [-0.15, -0.1) is 0 Å². The van der Waals surface area contributed by atoms with Crippen LogP contribution in [-0.2, 0) is 11.2 Å². The molecule has 6 nitrogen and oxygen atoms in total. The minimum absolute atomic E-state index is 0.0327. The van der Waals surface area contributed by atoms with Gasteiger partial charge in [-0.05, 0) is 61.9 Å². The molecule has 28 heavy (non-hydrogen) atoms. The summed E-state index contributed by atoms with van der Waals surface area (Å²) in [6.45, 7) is 0. The lowest BCUT2D eigenvalue weighted by molar-refractivity contribution is -0.116. The predicted octanol–water partition coefficient (Wildman–Crippen LogP) is 4.16. The van der Waals surface area contributed by atoms with Crippen molar-refractivity contribution in [3.05, 3.63) is 66.7 Å². The van der Waals surface area contributed by atoms with Gasteiger partial charge in [0.15, 0.2) is 0 Å². The fraction of sp³-hybridized carbons (Fsp3) is 0.318. The third-order valence-electron chi connectivity index (χ3n) is 4.99. The molecule has 3 aromatic rings. The zero-order valence-electron chi connectivity index (χ0n) is 15.8. The van der Waals surface area contributed by atoms with Gasteiger partial charge in [-0.3, -0.25) is 4.79 Å². The summed E-state index contributed by atoms with van der Waals surface area (Å²) < 4.78 is 7.70. The molecule has 1 aliphatic carbocycles. The summed E-state index contributed by atoms with van der Waals surface area (Å²) in [7, 11) is 0. The molecule has 0 atom stereocenters. The van der Waals surface area contributed by atoms with Crippen LogP contribution in [0, 0.1) is 0 Å². The standard InChI is InChI=1S/C22H24N4O2/c27-22(25-20-10-3-4-11-21(20)26-16-23-15-24-26)13-12-17-6-5-9-19(14-17)28-18-7-1-2-8-18/h3-6,9-11,14-16,18H,1-2,7-8,12-13H2,(H,25,27). The predicted molar refractivity (Wildman–Crippen MR) is 108 cm³/mol. The van der Waals surface area contributed by atoms with Crippen LogP contribution in [0.15, 0.2) is 61.2 Å². The summed E-state index contributed by atoms with van der Waals surface area (Å²) in [5, 5.41) is 7.12. The van der Waals surface area contributed by atoms with E-state index in [4.69, 9.17) is 4.74 Å². The Balaban J connectivity index is 1.35. The third-order valence-corrected chi connectivity index (χ3v) is 4.99. The van der Waals surface area contributed by atoms with Gasteiger partial charge >= 0.3 is 0 Å². The molecular weight excluding hydrogens is 352 g/mol. The van der Waals surface area contributed by atoms with Crippen molar-refractivity contribution in [2.24, 2.45) is 0 Å². The molecule has 0 aliphatic heterocycles. The van der Waals surface area contributed by atoms with Crippen molar-refractivity contribution in [2.45, 2.75) is 44.6 Å². The fourth-order valence-corrected chi connectivity index (χ4v) is 3.56. The number of nitrogens with zero attached hydrogens (tertiary/aromatic N) is 3. The highest BCUT2D eigenvalue weighted by Gasteiger charge is 2.16. The molecule has 1 saturated carbocycles. The summed E-state index contributed by atoms with van der Waals surface area (Å²) in [5.74, 6) is 0.871. The number of hydrogen-bond acceptors (Lipinski definition) is 4. The van der Waals surface area contributed by atoms with Gasteiger partial charge in [0.2, 0.25) is 5.91 Å². The zero-order valence-corrected chi connectivity index (χ0v) is 15.8. The molecule has 1 fully saturated rings. The highest BCUT2D eigenvalue weighted by molar-refractivity contribution is 5.92.